The summed E-state index contributed by atoms with van der Waals surface area (Å²) in [5, 5.41) is 9.99. The lowest BCUT2D eigenvalue weighted by atomic mass is 10.2. The van der Waals surface area contributed by atoms with Crippen LogP contribution in [0.4, 0.5) is 10.1 Å². The molecule has 0 aliphatic rings. The molecule has 0 aliphatic heterocycles. The number of H-pyrrole nitrogens is 1. The lowest BCUT2D eigenvalue weighted by molar-refractivity contribution is -0.116. The fraction of sp³-hybridized carbons (Fsp3) is 0.211. The molecular weight excluding hydrogens is 419 g/mol. The number of hydrogen-bond donors (Lipinski definition) is 2. The highest BCUT2D eigenvalue weighted by molar-refractivity contribution is 7.71. The van der Waals surface area contributed by atoms with Crippen LogP contribution in [0.3, 0.4) is 0 Å². The number of nitrogens with zero attached hydrogens (tertiary/aromatic N) is 2. The second-order valence-corrected chi connectivity index (χ2v) is 6.79. The Hall–Kier alpha value is -2.91. The first-order valence-corrected chi connectivity index (χ1v) is 9.34. The maximum Gasteiger partial charge on any atom is 0.226 e. The highest BCUT2D eigenvalue weighted by atomic mass is 35.5. The van der Waals surface area contributed by atoms with Gasteiger partial charge in [0.05, 0.1) is 24.9 Å². The number of aromatic nitrogens is 3. The molecule has 0 unspecified atom stereocenters. The lowest BCUT2D eigenvalue weighted by Crippen LogP contribution is -2.15. The Labute approximate surface area is 176 Å². The summed E-state index contributed by atoms with van der Waals surface area (Å²) in [5.41, 5.74) is 1.11. The number of nitrogens with one attached hydrogen (secondary N) is 2. The summed E-state index contributed by atoms with van der Waals surface area (Å²) in [6, 6.07) is 9.02. The van der Waals surface area contributed by atoms with Gasteiger partial charge in [-0.15, -0.1) is 0 Å². The molecule has 1 heterocycles. The molecule has 29 heavy (non-hydrogen) atoms. The average Bonchev–Trinajstić information content (AvgIpc) is 3.07. The minimum atomic E-state index is -0.346. The predicted molar refractivity (Wildman–Crippen MR) is 111 cm³/mol. The molecule has 1 amide bonds. The van der Waals surface area contributed by atoms with Gasteiger partial charge in [0.1, 0.15) is 17.3 Å². The Balaban J connectivity index is 1.74. The van der Waals surface area contributed by atoms with Crippen molar-refractivity contribution >= 4 is 35.4 Å². The number of ether oxygens (including phenoxy) is 2. The summed E-state index contributed by atoms with van der Waals surface area (Å²) < 4.78 is 25.6. The Bertz CT molecular complexity index is 1080. The summed E-state index contributed by atoms with van der Waals surface area (Å²) in [7, 11) is 2.98. The predicted octanol–water partition coefficient (Wildman–Crippen LogP) is 4.45. The first-order valence-electron chi connectivity index (χ1n) is 8.55. The molecular formula is C19H18ClFN4O3S. The van der Waals surface area contributed by atoms with E-state index in [9.17, 15) is 9.18 Å². The van der Waals surface area contributed by atoms with Crippen molar-refractivity contribution < 1.29 is 18.7 Å². The van der Waals surface area contributed by atoms with Crippen molar-refractivity contribution in [1.29, 1.82) is 0 Å². The van der Waals surface area contributed by atoms with Crippen LogP contribution in [0.2, 0.25) is 5.02 Å². The standard InChI is InChI=1S/C19H18ClFN4O3S/c1-27-15-10-16(28-2)14(9-13(15)20)22-17(26)7-8-25-18(23-24-19(25)29)11-3-5-12(21)6-4-11/h3-6,9-10H,7-8H2,1-2H3,(H,22,26)(H,24,29). The summed E-state index contributed by atoms with van der Waals surface area (Å²) in [6.45, 7) is 0.278. The summed E-state index contributed by atoms with van der Waals surface area (Å²) in [4.78, 5) is 12.5. The van der Waals surface area contributed by atoms with Gasteiger partial charge in [0, 0.05) is 24.6 Å². The van der Waals surface area contributed by atoms with E-state index in [2.05, 4.69) is 15.5 Å². The molecule has 2 aromatic carbocycles. The van der Waals surface area contributed by atoms with Crippen molar-refractivity contribution in [3.05, 3.63) is 52.0 Å². The maximum atomic E-state index is 13.2. The molecule has 10 heteroatoms. The third-order valence-electron chi connectivity index (χ3n) is 4.17. The van der Waals surface area contributed by atoms with E-state index in [4.69, 9.17) is 33.3 Å². The molecule has 1 aromatic heterocycles. The van der Waals surface area contributed by atoms with Crippen molar-refractivity contribution in [2.45, 2.75) is 13.0 Å². The average molecular weight is 437 g/mol. The number of rotatable bonds is 7. The number of benzene rings is 2. The Morgan fingerprint density at radius 2 is 1.93 bits per heavy atom. The van der Waals surface area contributed by atoms with Gasteiger partial charge in [-0.25, -0.2) is 4.39 Å². The molecule has 0 aliphatic carbocycles. The summed E-state index contributed by atoms with van der Waals surface area (Å²) in [5.74, 6) is 0.771. The molecule has 0 bridgehead atoms. The van der Waals surface area contributed by atoms with Crippen LogP contribution < -0.4 is 14.8 Å². The second kappa shape index (κ2) is 9.06. The zero-order valence-electron chi connectivity index (χ0n) is 15.7. The van der Waals surface area contributed by atoms with E-state index in [0.29, 0.717) is 38.4 Å². The molecule has 0 fully saturated rings. The lowest BCUT2D eigenvalue weighted by Gasteiger charge is -2.13. The SMILES string of the molecule is COc1cc(OC)c(NC(=O)CCn2c(-c3ccc(F)cc3)n[nH]c2=S)cc1Cl. The van der Waals surface area contributed by atoms with Crippen molar-refractivity contribution in [3.63, 3.8) is 0 Å². The normalized spacial score (nSPS) is 10.6. The van der Waals surface area contributed by atoms with Gasteiger partial charge in [0.25, 0.3) is 0 Å². The van der Waals surface area contributed by atoms with Gasteiger partial charge in [0.2, 0.25) is 5.91 Å². The monoisotopic (exact) mass is 436 g/mol. The van der Waals surface area contributed by atoms with Gasteiger partial charge in [-0.2, -0.15) is 5.10 Å². The number of aromatic amines is 1. The van der Waals surface area contributed by atoms with Crippen LogP contribution in [0.5, 0.6) is 11.5 Å². The maximum absolute atomic E-state index is 13.2. The minimum Gasteiger partial charge on any atom is -0.495 e. The number of amides is 1. The van der Waals surface area contributed by atoms with E-state index in [0.717, 1.165) is 0 Å². The quantitative estimate of drug-likeness (QED) is 0.535. The van der Waals surface area contributed by atoms with Gasteiger partial charge in [-0.3, -0.25) is 14.5 Å². The molecule has 0 spiro atoms. The fourth-order valence-electron chi connectivity index (χ4n) is 2.73. The van der Waals surface area contributed by atoms with Crippen LogP contribution in [-0.4, -0.2) is 34.9 Å². The van der Waals surface area contributed by atoms with E-state index in [1.807, 2.05) is 0 Å². The Morgan fingerprint density at radius 1 is 1.24 bits per heavy atom. The Morgan fingerprint density at radius 3 is 2.59 bits per heavy atom. The number of methoxy groups -OCH3 is 2. The molecule has 3 aromatic rings. The third-order valence-corrected chi connectivity index (χ3v) is 4.78. The largest absolute Gasteiger partial charge is 0.495 e. The molecule has 7 nitrogen and oxygen atoms in total. The first-order chi connectivity index (χ1) is 13.9. The molecule has 0 atom stereocenters. The second-order valence-electron chi connectivity index (χ2n) is 6.00. The smallest absolute Gasteiger partial charge is 0.226 e. The zero-order chi connectivity index (χ0) is 21.0. The van der Waals surface area contributed by atoms with Crippen LogP contribution in [0.25, 0.3) is 11.4 Å². The Kier molecular flexibility index (Phi) is 6.50. The number of carbonyl (C=O) groups excluding carboxylic acids is 1. The number of hydrogen-bond acceptors (Lipinski definition) is 5. The molecule has 152 valence electrons. The molecule has 2 N–H and O–H groups in total. The summed E-state index contributed by atoms with van der Waals surface area (Å²) >= 11 is 11.4. The van der Waals surface area contributed by atoms with Gasteiger partial charge in [-0.05, 0) is 42.5 Å². The number of anilines is 1. The van der Waals surface area contributed by atoms with Crippen LogP contribution >= 0.6 is 23.8 Å². The van der Waals surface area contributed by atoms with Crippen LogP contribution in [-0.2, 0) is 11.3 Å². The topological polar surface area (TPSA) is 81.2 Å². The minimum absolute atomic E-state index is 0.120. The molecule has 0 saturated heterocycles. The fourth-order valence-corrected chi connectivity index (χ4v) is 3.19. The van der Waals surface area contributed by atoms with Crippen molar-refractivity contribution in [2.75, 3.05) is 19.5 Å². The van der Waals surface area contributed by atoms with E-state index >= 15 is 0 Å². The van der Waals surface area contributed by atoms with Gasteiger partial charge in [0.15, 0.2) is 10.6 Å². The highest BCUT2D eigenvalue weighted by Crippen LogP contribution is 2.36. The van der Waals surface area contributed by atoms with E-state index in [1.54, 1.807) is 28.8 Å². The van der Waals surface area contributed by atoms with Crippen molar-refractivity contribution in [3.8, 4) is 22.9 Å². The summed E-state index contributed by atoms with van der Waals surface area (Å²) in [6.07, 6.45) is 0.120. The van der Waals surface area contributed by atoms with Crippen LogP contribution in [0.1, 0.15) is 6.42 Å². The first kappa shape index (κ1) is 20.8. The van der Waals surface area contributed by atoms with Gasteiger partial charge < -0.3 is 14.8 Å². The number of halogens is 2. The highest BCUT2D eigenvalue weighted by Gasteiger charge is 2.14. The van der Waals surface area contributed by atoms with Crippen LogP contribution in [0, 0.1) is 10.6 Å². The number of carbonyl (C=O) groups is 1. The molecule has 0 radical (unpaired) electrons. The van der Waals surface area contributed by atoms with Gasteiger partial charge in [-0.1, -0.05) is 11.6 Å². The zero-order valence-corrected chi connectivity index (χ0v) is 17.2. The van der Waals surface area contributed by atoms with Crippen LogP contribution in [0.15, 0.2) is 36.4 Å². The van der Waals surface area contributed by atoms with Gasteiger partial charge >= 0.3 is 0 Å². The third kappa shape index (κ3) is 4.75. The molecule has 3 rings (SSSR count). The van der Waals surface area contributed by atoms with E-state index < -0.39 is 0 Å². The van der Waals surface area contributed by atoms with Crippen molar-refractivity contribution in [1.82, 2.24) is 14.8 Å². The van der Waals surface area contributed by atoms with Crippen molar-refractivity contribution in [2.24, 2.45) is 0 Å². The molecule has 0 saturated carbocycles. The van der Waals surface area contributed by atoms with E-state index in [-0.39, 0.29) is 24.7 Å². The van der Waals surface area contributed by atoms with E-state index in [1.165, 1.54) is 26.4 Å².